The second-order valence-corrected chi connectivity index (χ2v) is 6.39. The Kier molecular flexibility index (Phi) is 5.33. The Morgan fingerprint density at radius 1 is 0.607 bits per heavy atom. The summed E-state index contributed by atoms with van der Waals surface area (Å²) in [5, 5.41) is 0. The number of nitrogens with zero attached hydrogens (tertiary/aromatic N) is 4. The summed E-state index contributed by atoms with van der Waals surface area (Å²) in [6, 6.07) is 17.9. The summed E-state index contributed by atoms with van der Waals surface area (Å²) in [5.74, 6) is 0.774. The highest BCUT2D eigenvalue weighted by atomic mass is 16.5. The maximum absolute atomic E-state index is 5.28. The van der Waals surface area contributed by atoms with Crippen LogP contribution in [0.1, 0.15) is 11.1 Å². The third-order valence-corrected chi connectivity index (χ3v) is 4.51. The zero-order valence-electron chi connectivity index (χ0n) is 15.6. The lowest BCUT2D eigenvalue weighted by atomic mass is 10.0. The van der Waals surface area contributed by atoms with Crippen LogP contribution in [0.15, 0.2) is 79.4 Å². The lowest BCUT2D eigenvalue weighted by Crippen LogP contribution is -1.96. The van der Waals surface area contributed by atoms with Gasteiger partial charge in [-0.2, -0.15) is 0 Å². The number of pyridine rings is 4. The number of rotatable bonds is 6. The van der Waals surface area contributed by atoms with E-state index in [2.05, 4.69) is 38.1 Å². The molecule has 0 radical (unpaired) electrons. The maximum Gasteiger partial charge on any atom is 0.122 e. The molecule has 0 N–H and O–H groups in total. The van der Waals surface area contributed by atoms with E-state index in [9.17, 15) is 0 Å². The number of aryl methyl sites for hydroxylation is 2. The van der Waals surface area contributed by atoms with Crippen molar-refractivity contribution in [2.75, 3.05) is 7.11 Å². The summed E-state index contributed by atoms with van der Waals surface area (Å²) in [6.45, 7) is 0. The first-order valence-corrected chi connectivity index (χ1v) is 9.13. The van der Waals surface area contributed by atoms with Gasteiger partial charge in [0.1, 0.15) is 5.75 Å². The molecule has 0 saturated heterocycles. The molecular weight excluding hydrogens is 348 g/mol. The largest absolute Gasteiger partial charge is 0.497 e. The monoisotopic (exact) mass is 368 g/mol. The van der Waals surface area contributed by atoms with E-state index in [1.54, 1.807) is 19.5 Å². The van der Waals surface area contributed by atoms with E-state index in [0.29, 0.717) is 0 Å². The summed E-state index contributed by atoms with van der Waals surface area (Å²) in [5.41, 5.74) is 5.89. The van der Waals surface area contributed by atoms with Crippen molar-refractivity contribution in [3.05, 3.63) is 90.5 Å². The molecule has 0 spiro atoms. The fraction of sp³-hybridized carbons (Fsp3) is 0.130. The minimum atomic E-state index is 0.774. The summed E-state index contributed by atoms with van der Waals surface area (Å²) < 4.78 is 5.28. The van der Waals surface area contributed by atoms with E-state index < -0.39 is 0 Å². The lowest BCUT2D eigenvalue weighted by molar-refractivity contribution is 0.414. The van der Waals surface area contributed by atoms with E-state index >= 15 is 0 Å². The van der Waals surface area contributed by atoms with Crippen LogP contribution in [0.4, 0.5) is 0 Å². The molecule has 0 unspecified atom stereocenters. The quantitative estimate of drug-likeness (QED) is 0.505. The van der Waals surface area contributed by atoms with Gasteiger partial charge in [0.25, 0.3) is 0 Å². The molecule has 0 amide bonds. The van der Waals surface area contributed by atoms with E-state index in [4.69, 9.17) is 4.74 Å². The van der Waals surface area contributed by atoms with E-state index in [1.165, 1.54) is 11.1 Å². The highest BCUT2D eigenvalue weighted by Crippen LogP contribution is 2.21. The number of methoxy groups -OCH3 is 1. The predicted octanol–water partition coefficient (Wildman–Crippen LogP) is 4.39. The van der Waals surface area contributed by atoms with Gasteiger partial charge in [0, 0.05) is 30.9 Å². The van der Waals surface area contributed by atoms with Crippen LogP contribution >= 0.6 is 0 Å². The van der Waals surface area contributed by atoms with Crippen molar-refractivity contribution in [3.8, 4) is 28.5 Å². The molecule has 4 rings (SSSR count). The number of hydrogen-bond acceptors (Lipinski definition) is 5. The minimum Gasteiger partial charge on any atom is -0.497 e. The molecule has 28 heavy (non-hydrogen) atoms. The van der Waals surface area contributed by atoms with Crippen molar-refractivity contribution < 1.29 is 4.74 Å². The van der Waals surface area contributed by atoms with Crippen molar-refractivity contribution in [2.45, 2.75) is 12.8 Å². The summed E-state index contributed by atoms with van der Waals surface area (Å²) in [7, 11) is 1.65. The van der Waals surface area contributed by atoms with Gasteiger partial charge >= 0.3 is 0 Å². The highest BCUT2D eigenvalue weighted by molar-refractivity contribution is 5.57. The van der Waals surface area contributed by atoms with E-state index in [1.807, 2.05) is 48.8 Å². The summed E-state index contributed by atoms with van der Waals surface area (Å²) in [4.78, 5) is 17.7. The van der Waals surface area contributed by atoms with Crippen LogP contribution in [-0.4, -0.2) is 27.0 Å². The molecule has 5 heteroatoms. The topological polar surface area (TPSA) is 60.8 Å². The SMILES string of the molecule is COc1ccnc(-c2cc(CCc3ccnc(-c4ccccn4)c3)ccn2)c1. The first kappa shape index (κ1) is 17.8. The lowest BCUT2D eigenvalue weighted by Gasteiger charge is -2.07. The Bertz CT molecular complexity index is 1070. The molecule has 0 fully saturated rings. The van der Waals surface area contributed by atoms with Gasteiger partial charge in [-0.3, -0.25) is 19.9 Å². The molecule has 4 aromatic rings. The van der Waals surface area contributed by atoms with Crippen LogP contribution in [0.5, 0.6) is 5.75 Å². The van der Waals surface area contributed by atoms with Crippen molar-refractivity contribution in [1.29, 1.82) is 0 Å². The van der Waals surface area contributed by atoms with Gasteiger partial charge in [-0.1, -0.05) is 6.07 Å². The Balaban J connectivity index is 1.50. The number of hydrogen-bond donors (Lipinski definition) is 0. The van der Waals surface area contributed by atoms with Crippen LogP contribution in [0.3, 0.4) is 0 Å². The fourth-order valence-electron chi connectivity index (χ4n) is 3.02. The molecule has 0 bridgehead atoms. The zero-order valence-corrected chi connectivity index (χ0v) is 15.6. The highest BCUT2D eigenvalue weighted by Gasteiger charge is 2.06. The molecule has 5 nitrogen and oxygen atoms in total. The van der Waals surface area contributed by atoms with Gasteiger partial charge in [-0.05, 0) is 66.4 Å². The second kappa shape index (κ2) is 8.39. The number of aromatic nitrogens is 4. The molecule has 4 aromatic heterocycles. The first-order valence-electron chi connectivity index (χ1n) is 9.13. The molecule has 0 aromatic carbocycles. The van der Waals surface area contributed by atoms with Crippen LogP contribution < -0.4 is 4.74 Å². The minimum absolute atomic E-state index is 0.774. The Labute approximate surface area is 164 Å². The molecule has 0 aliphatic rings. The van der Waals surface area contributed by atoms with Crippen LogP contribution in [0.25, 0.3) is 22.8 Å². The standard InChI is InChI=1S/C23H20N4O/c1-28-19-9-13-27-23(16-19)22-15-18(8-12-26-22)6-5-17-7-11-25-21(14-17)20-4-2-3-10-24-20/h2-4,7-16H,5-6H2,1H3. The van der Waals surface area contributed by atoms with Gasteiger partial charge in [0.2, 0.25) is 0 Å². The molecule has 138 valence electrons. The van der Waals surface area contributed by atoms with E-state index in [-0.39, 0.29) is 0 Å². The molecule has 4 heterocycles. The van der Waals surface area contributed by atoms with Gasteiger partial charge < -0.3 is 4.74 Å². The number of ether oxygens (including phenoxy) is 1. The van der Waals surface area contributed by atoms with Crippen molar-refractivity contribution in [2.24, 2.45) is 0 Å². The van der Waals surface area contributed by atoms with Crippen molar-refractivity contribution in [1.82, 2.24) is 19.9 Å². The fourth-order valence-corrected chi connectivity index (χ4v) is 3.02. The Morgan fingerprint density at radius 3 is 1.79 bits per heavy atom. The molecule has 0 aliphatic carbocycles. The van der Waals surface area contributed by atoms with Gasteiger partial charge in [0.05, 0.1) is 29.9 Å². The maximum atomic E-state index is 5.28. The third-order valence-electron chi connectivity index (χ3n) is 4.51. The summed E-state index contributed by atoms with van der Waals surface area (Å²) >= 11 is 0. The molecule has 0 atom stereocenters. The molecule has 0 saturated carbocycles. The smallest absolute Gasteiger partial charge is 0.122 e. The zero-order chi connectivity index (χ0) is 19.2. The van der Waals surface area contributed by atoms with Crippen LogP contribution in [0, 0.1) is 0 Å². The van der Waals surface area contributed by atoms with Crippen LogP contribution in [-0.2, 0) is 12.8 Å². The van der Waals surface area contributed by atoms with E-state index in [0.717, 1.165) is 41.4 Å². The molecular formula is C23H20N4O. The van der Waals surface area contributed by atoms with Crippen molar-refractivity contribution in [3.63, 3.8) is 0 Å². The first-order chi connectivity index (χ1) is 13.8. The average molecular weight is 368 g/mol. The average Bonchev–Trinajstić information content (AvgIpc) is 2.79. The summed E-state index contributed by atoms with van der Waals surface area (Å²) in [6.07, 6.45) is 9.02. The van der Waals surface area contributed by atoms with Crippen molar-refractivity contribution >= 4 is 0 Å². The predicted molar refractivity (Wildman–Crippen MR) is 109 cm³/mol. The Hall–Kier alpha value is -3.60. The van der Waals surface area contributed by atoms with Gasteiger partial charge in [0.15, 0.2) is 0 Å². The molecule has 0 aliphatic heterocycles. The second-order valence-electron chi connectivity index (χ2n) is 6.39. The van der Waals surface area contributed by atoms with Crippen LogP contribution in [0.2, 0.25) is 0 Å². The normalized spacial score (nSPS) is 10.6. The Morgan fingerprint density at radius 2 is 1.18 bits per heavy atom. The third kappa shape index (κ3) is 4.20. The van der Waals surface area contributed by atoms with Gasteiger partial charge in [-0.25, -0.2) is 0 Å². The van der Waals surface area contributed by atoms with Gasteiger partial charge in [-0.15, -0.1) is 0 Å².